The Labute approximate surface area is 134 Å². The Balaban J connectivity index is 1.31. The summed E-state index contributed by atoms with van der Waals surface area (Å²) in [7, 11) is 0. The molecule has 4 nitrogen and oxygen atoms in total. The number of amides is 1. The van der Waals surface area contributed by atoms with Crippen molar-refractivity contribution in [1.82, 2.24) is 4.90 Å². The van der Waals surface area contributed by atoms with Crippen molar-refractivity contribution in [3.63, 3.8) is 0 Å². The number of likely N-dealkylation sites (tertiary alicyclic amines) is 1. The van der Waals surface area contributed by atoms with Crippen LogP contribution in [-0.4, -0.2) is 42.7 Å². The van der Waals surface area contributed by atoms with E-state index in [1.165, 1.54) is 17.7 Å². The quantitative estimate of drug-likeness (QED) is 0.841. The van der Waals surface area contributed by atoms with Crippen LogP contribution in [0.1, 0.15) is 46.3 Å². The summed E-state index contributed by atoms with van der Waals surface area (Å²) in [6.07, 6.45) is 5.64. The van der Waals surface area contributed by atoms with Crippen LogP contribution in [0.5, 0.6) is 0 Å². The first-order chi connectivity index (χ1) is 10.8. The molecule has 118 valence electrons. The van der Waals surface area contributed by atoms with Gasteiger partial charge in [-0.15, -0.1) is 11.3 Å². The Hall–Kier alpha value is -0.910. The van der Waals surface area contributed by atoms with Gasteiger partial charge in [0.15, 0.2) is 0 Å². The zero-order valence-electron chi connectivity index (χ0n) is 12.6. The Bertz CT molecular complexity index is 576. The van der Waals surface area contributed by atoms with Gasteiger partial charge in [-0.05, 0) is 37.8 Å². The number of nitrogens with zero attached hydrogens (tertiary/aromatic N) is 1. The summed E-state index contributed by atoms with van der Waals surface area (Å²) < 4.78 is 11.7. The highest BCUT2D eigenvalue weighted by Crippen LogP contribution is 2.47. The Kier molecular flexibility index (Phi) is 3.10. The van der Waals surface area contributed by atoms with E-state index >= 15 is 0 Å². The van der Waals surface area contributed by atoms with Crippen LogP contribution in [0, 0.1) is 11.8 Å². The largest absolute Gasteiger partial charge is 0.374 e. The van der Waals surface area contributed by atoms with Crippen molar-refractivity contribution < 1.29 is 14.3 Å². The maximum atomic E-state index is 12.8. The number of hydrogen-bond donors (Lipinski definition) is 0. The van der Waals surface area contributed by atoms with E-state index in [1.54, 1.807) is 11.3 Å². The number of carbonyl (C=O) groups is 1. The molecule has 0 aliphatic carbocycles. The van der Waals surface area contributed by atoms with Gasteiger partial charge in [0, 0.05) is 36.4 Å². The van der Waals surface area contributed by atoms with Crippen molar-refractivity contribution in [2.45, 2.75) is 44.0 Å². The van der Waals surface area contributed by atoms with Crippen molar-refractivity contribution in [3.05, 3.63) is 21.9 Å². The minimum atomic E-state index is 0.211. The van der Waals surface area contributed by atoms with Crippen LogP contribution in [0.4, 0.5) is 0 Å². The van der Waals surface area contributed by atoms with E-state index in [-0.39, 0.29) is 12.0 Å². The fourth-order valence-electron chi connectivity index (χ4n) is 4.72. The van der Waals surface area contributed by atoms with Gasteiger partial charge in [-0.3, -0.25) is 4.79 Å². The third-order valence-electron chi connectivity index (χ3n) is 5.82. The minimum Gasteiger partial charge on any atom is -0.374 e. The molecular weight excluding hydrogens is 298 g/mol. The molecule has 4 aliphatic rings. The first kappa shape index (κ1) is 13.5. The molecule has 4 aliphatic heterocycles. The third-order valence-corrected chi connectivity index (χ3v) is 6.99. The summed E-state index contributed by atoms with van der Waals surface area (Å²) in [5, 5.41) is 0. The van der Waals surface area contributed by atoms with Crippen LogP contribution in [0.2, 0.25) is 0 Å². The lowest BCUT2D eigenvalue weighted by molar-refractivity contribution is 0.0597. The van der Waals surface area contributed by atoms with Crippen LogP contribution in [0.15, 0.2) is 12.1 Å². The number of fused-ring (bicyclic) bond motifs is 5. The Morgan fingerprint density at radius 3 is 2.59 bits per heavy atom. The van der Waals surface area contributed by atoms with Crippen molar-refractivity contribution in [1.29, 1.82) is 0 Å². The van der Waals surface area contributed by atoms with E-state index in [1.807, 2.05) is 6.07 Å². The number of ether oxygens (including phenoxy) is 2. The van der Waals surface area contributed by atoms with E-state index in [2.05, 4.69) is 11.0 Å². The maximum absolute atomic E-state index is 12.8. The summed E-state index contributed by atoms with van der Waals surface area (Å²) in [5.41, 5.74) is 0. The molecule has 5 rings (SSSR count). The summed E-state index contributed by atoms with van der Waals surface area (Å²) in [4.78, 5) is 16.9. The standard InChI is InChI=1S/C17H21NO3S/c19-17(16-6-5-15(22-16)14-2-1-7-20-14)18-8-10-11(9-18)13-4-3-12(10)21-13/h5-6,10-14H,1-4,7-9H2/t10-,11+,12+,13-,14-/m0/s1. The number of thiophene rings is 1. The monoisotopic (exact) mass is 319 g/mol. The van der Waals surface area contributed by atoms with E-state index in [0.717, 1.165) is 37.4 Å². The fraction of sp³-hybridized carbons (Fsp3) is 0.706. The molecule has 0 unspecified atom stereocenters. The highest BCUT2D eigenvalue weighted by Gasteiger charge is 2.53. The molecule has 1 aromatic heterocycles. The average molecular weight is 319 g/mol. The summed E-state index contributed by atoms with van der Waals surface area (Å²) >= 11 is 1.62. The molecule has 0 saturated carbocycles. The van der Waals surface area contributed by atoms with Crippen LogP contribution >= 0.6 is 11.3 Å². The molecule has 0 aromatic carbocycles. The van der Waals surface area contributed by atoms with E-state index < -0.39 is 0 Å². The topological polar surface area (TPSA) is 38.8 Å². The number of rotatable bonds is 2. The number of hydrogen-bond acceptors (Lipinski definition) is 4. The number of carbonyl (C=O) groups excluding carboxylic acids is 1. The second kappa shape index (κ2) is 5.05. The van der Waals surface area contributed by atoms with Gasteiger partial charge in [0.05, 0.1) is 23.2 Å². The summed E-state index contributed by atoms with van der Waals surface area (Å²) in [6, 6.07) is 4.07. The molecule has 2 bridgehead atoms. The maximum Gasteiger partial charge on any atom is 0.263 e. The van der Waals surface area contributed by atoms with Crippen molar-refractivity contribution in [3.8, 4) is 0 Å². The molecule has 4 saturated heterocycles. The first-order valence-corrected chi connectivity index (χ1v) is 9.27. The zero-order chi connectivity index (χ0) is 14.7. The molecule has 1 aromatic rings. The van der Waals surface area contributed by atoms with Gasteiger partial charge in [-0.25, -0.2) is 0 Å². The molecule has 4 fully saturated rings. The Morgan fingerprint density at radius 1 is 1.14 bits per heavy atom. The first-order valence-electron chi connectivity index (χ1n) is 8.45. The molecule has 5 heteroatoms. The molecule has 0 N–H and O–H groups in total. The van der Waals surface area contributed by atoms with Crippen LogP contribution in [0.3, 0.4) is 0 Å². The molecule has 1 amide bonds. The lowest BCUT2D eigenvalue weighted by atomic mass is 9.82. The molecule has 22 heavy (non-hydrogen) atoms. The molecule has 0 radical (unpaired) electrons. The van der Waals surface area contributed by atoms with Crippen molar-refractivity contribution >= 4 is 17.2 Å². The molecule has 5 atom stereocenters. The minimum absolute atomic E-state index is 0.211. The van der Waals surface area contributed by atoms with Crippen molar-refractivity contribution in [2.24, 2.45) is 11.8 Å². The van der Waals surface area contributed by atoms with Gasteiger partial charge in [0.2, 0.25) is 0 Å². The predicted octanol–water partition coefficient (Wildman–Crippen LogP) is 2.85. The Morgan fingerprint density at radius 2 is 1.91 bits per heavy atom. The van der Waals surface area contributed by atoms with E-state index in [4.69, 9.17) is 9.47 Å². The van der Waals surface area contributed by atoms with Gasteiger partial charge >= 0.3 is 0 Å². The second-order valence-electron chi connectivity index (χ2n) is 7.03. The van der Waals surface area contributed by atoms with E-state index in [9.17, 15) is 4.79 Å². The van der Waals surface area contributed by atoms with Gasteiger partial charge in [-0.2, -0.15) is 0 Å². The van der Waals surface area contributed by atoms with Gasteiger partial charge < -0.3 is 14.4 Å². The van der Waals surface area contributed by atoms with Crippen molar-refractivity contribution in [2.75, 3.05) is 19.7 Å². The summed E-state index contributed by atoms with van der Waals surface area (Å²) in [6.45, 7) is 2.62. The fourth-order valence-corrected chi connectivity index (χ4v) is 5.78. The third kappa shape index (κ3) is 1.99. The molecular formula is C17H21NO3S. The predicted molar refractivity (Wildman–Crippen MR) is 83.0 cm³/mol. The van der Waals surface area contributed by atoms with Crippen LogP contribution < -0.4 is 0 Å². The van der Waals surface area contributed by atoms with Gasteiger partial charge in [0.1, 0.15) is 0 Å². The highest BCUT2D eigenvalue weighted by molar-refractivity contribution is 7.14. The van der Waals surface area contributed by atoms with Gasteiger partial charge in [-0.1, -0.05) is 0 Å². The second-order valence-corrected chi connectivity index (χ2v) is 8.15. The average Bonchev–Trinajstić information content (AvgIpc) is 3.35. The SMILES string of the molecule is O=C(c1ccc([C@@H]2CCCO2)s1)N1C[C@@H]2[C@H](C1)[C@H]1CC[C@@H]2O1. The summed E-state index contributed by atoms with van der Waals surface area (Å²) in [5.74, 6) is 1.38. The normalized spacial score (nSPS) is 39.6. The highest BCUT2D eigenvalue weighted by atomic mass is 32.1. The van der Waals surface area contributed by atoms with Crippen LogP contribution in [-0.2, 0) is 9.47 Å². The smallest absolute Gasteiger partial charge is 0.263 e. The lowest BCUT2D eigenvalue weighted by Crippen LogP contribution is -2.30. The lowest BCUT2D eigenvalue weighted by Gasteiger charge is -2.18. The van der Waals surface area contributed by atoms with Gasteiger partial charge in [0.25, 0.3) is 5.91 Å². The zero-order valence-corrected chi connectivity index (χ0v) is 13.4. The molecule has 0 spiro atoms. The molecule has 5 heterocycles. The van der Waals surface area contributed by atoms with Crippen LogP contribution in [0.25, 0.3) is 0 Å². The van der Waals surface area contributed by atoms with E-state index in [0.29, 0.717) is 24.0 Å².